The first-order chi connectivity index (χ1) is 11.9. The van der Waals surface area contributed by atoms with Crippen LogP contribution < -0.4 is 0 Å². The molecule has 0 spiro atoms. The molecule has 1 amide bonds. The zero-order chi connectivity index (χ0) is 18.0. The number of amides is 1. The lowest BCUT2D eigenvalue weighted by Crippen LogP contribution is -2.52. The van der Waals surface area contributed by atoms with E-state index in [4.69, 9.17) is 9.47 Å². The van der Waals surface area contributed by atoms with Crippen molar-refractivity contribution in [2.24, 2.45) is 0 Å². The van der Waals surface area contributed by atoms with E-state index in [1.165, 1.54) is 0 Å². The van der Waals surface area contributed by atoms with Crippen molar-refractivity contribution >= 4 is 17.0 Å². The second-order valence-electron chi connectivity index (χ2n) is 7.18. The van der Waals surface area contributed by atoms with Crippen molar-refractivity contribution in [3.8, 4) is 0 Å². The molecular formula is C19H24N2O4. The highest BCUT2D eigenvalue weighted by atomic mass is 16.6. The van der Waals surface area contributed by atoms with E-state index in [0.717, 1.165) is 10.9 Å². The molecule has 1 aromatic heterocycles. The fraction of sp³-hybridized carbons (Fsp3) is 0.474. The highest BCUT2D eigenvalue weighted by molar-refractivity contribution is 5.82. The predicted molar refractivity (Wildman–Crippen MR) is 94.2 cm³/mol. The van der Waals surface area contributed by atoms with Crippen LogP contribution in [0.15, 0.2) is 36.5 Å². The number of hydrogen-bond acceptors (Lipinski definition) is 5. The Bertz CT molecular complexity index is 751. The number of carbonyl (C=O) groups is 1. The van der Waals surface area contributed by atoms with E-state index in [2.05, 4.69) is 4.98 Å². The minimum atomic E-state index is -0.911. The highest BCUT2D eigenvalue weighted by Crippen LogP contribution is 2.29. The average molecular weight is 344 g/mol. The van der Waals surface area contributed by atoms with E-state index >= 15 is 0 Å². The Labute approximate surface area is 147 Å². The SMILES string of the molecule is CC(C)(C)OC(=O)N1CCOCC1C(O)c1cccc2cccnc12. The average Bonchev–Trinajstić information content (AvgIpc) is 2.59. The van der Waals surface area contributed by atoms with Crippen LogP contribution in [-0.4, -0.2) is 52.5 Å². The number of aliphatic hydroxyl groups is 1. The first-order valence-electron chi connectivity index (χ1n) is 8.46. The number of fused-ring (bicyclic) bond motifs is 1. The minimum absolute atomic E-state index is 0.254. The van der Waals surface area contributed by atoms with Gasteiger partial charge in [0.1, 0.15) is 11.7 Å². The number of carbonyl (C=O) groups excluding carboxylic acids is 1. The van der Waals surface area contributed by atoms with Gasteiger partial charge in [0.15, 0.2) is 0 Å². The number of hydrogen-bond donors (Lipinski definition) is 1. The second-order valence-corrected chi connectivity index (χ2v) is 7.18. The third-order valence-electron chi connectivity index (χ3n) is 4.14. The number of ether oxygens (including phenoxy) is 2. The summed E-state index contributed by atoms with van der Waals surface area (Å²) in [6.07, 6.45) is 0.348. The molecule has 2 unspecified atom stereocenters. The van der Waals surface area contributed by atoms with Gasteiger partial charge in [-0.05, 0) is 26.8 Å². The Kier molecular flexibility index (Phi) is 4.92. The number of morpholine rings is 1. The Balaban J connectivity index is 1.90. The first-order valence-corrected chi connectivity index (χ1v) is 8.46. The zero-order valence-electron chi connectivity index (χ0n) is 14.8. The van der Waals surface area contributed by atoms with Crippen LogP contribution in [-0.2, 0) is 9.47 Å². The molecule has 6 heteroatoms. The van der Waals surface area contributed by atoms with Crippen LogP contribution in [0.25, 0.3) is 10.9 Å². The number of nitrogens with zero attached hydrogens (tertiary/aromatic N) is 2. The lowest BCUT2D eigenvalue weighted by atomic mass is 9.98. The van der Waals surface area contributed by atoms with Crippen molar-refractivity contribution in [3.05, 3.63) is 42.1 Å². The quantitative estimate of drug-likeness (QED) is 0.907. The molecule has 134 valence electrons. The summed E-state index contributed by atoms with van der Waals surface area (Å²) in [4.78, 5) is 18.5. The molecule has 3 rings (SSSR count). The van der Waals surface area contributed by atoms with Crippen molar-refractivity contribution in [1.29, 1.82) is 0 Å². The van der Waals surface area contributed by atoms with Gasteiger partial charge < -0.3 is 14.6 Å². The summed E-state index contributed by atoms with van der Waals surface area (Å²) in [6, 6.07) is 8.95. The van der Waals surface area contributed by atoms with Gasteiger partial charge in [0, 0.05) is 23.7 Å². The van der Waals surface area contributed by atoms with E-state index < -0.39 is 23.8 Å². The van der Waals surface area contributed by atoms with Crippen LogP contribution in [0.3, 0.4) is 0 Å². The molecule has 1 saturated heterocycles. The van der Waals surface area contributed by atoms with Crippen LogP contribution in [0.2, 0.25) is 0 Å². The van der Waals surface area contributed by atoms with Gasteiger partial charge in [0.05, 0.1) is 24.8 Å². The van der Waals surface area contributed by atoms with Crippen LogP contribution in [0.5, 0.6) is 0 Å². The summed E-state index contributed by atoms with van der Waals surface area (Å²) in [6.45, 7) is 6.54. The Hall–Kier alpha value is -2.18. The van der Waals surface area contributed by atoms with Crippen LogP contribution in [0.1, 0.15) is 32.4 Å². The molecule has 1 aliphatic rings. The van der Waals surface area contributed by atoms with Gasteiger partial charge in [0.25, 0.3) is 0 Å². The topological polar surface area (TPSA) is 71.9 Å². The smallest absolute Gasteiger partial charge is 0.410 e. The van der Waals surface area contributed by atoms with Crippen LogP contribution >= 0.6 is 0 Å². The van der Waals surface area contributed by atoms with E-state index in [1.54, 1.807) is 11.1 Å². The Morgan fingerprint density at radius 2 is 2.12 bits per heavy atom. The lowest BCUT2D eigenvalue weighted by Gasteiger charge is -2.39. The number of pyridine rings is 1. The standard InChI is InChI=1S/C19H24N2O4/c1-19(2,3)25-18(23)21-10-11-24-12-15(21)17(22)14-8-4-6-13-7-5-9-20-16(13)14/h4-9,15,17,22H,10-12H2,1-3H3. The molecular weight excluding hydrogens is 320 g/mol. The summed E-state index contributed by atoms with van der Waals surface area (Å²) in [7, 11) is 0. The third kappa shape index (κ3) is 3.91. The molecule has 6 nitrogen and oxygen atoms in total. The summed E-state index contributed by atoms with van der Waals surface area (Å²) in [5.74, 6) is 0. The third-order valence-corrected chi connectivity index (χ3v) is 4.14. The summed E-state index contributed by atoms with van der Waals surface area (Å²) in [5.41, 5.74) is 0.820. The van der Waals surface area contributed by atoms with Gasteiger partial charge in [-0.3, -0.25) is 9.88 Å². The van der Waals surface area contributed by atoms with Gasteiger partial charge >= 0.3 is 6.09 Å². The van der Waals surface area contributed by atoms with E-state index in [-0.39, 0.29) is 6.61 Å². The zero-order valence-corrected chi connectivity index (χ0v) is 14.8. The Morgan fingerprint density at radius 3 is 2.88 bits per heavy atom. The molecule has 2 heterocycles. The van der Waals surface area contributed by atoms with E-state index in [1.807, 2.05) is 51.1 Å². The van der Waals surface area contributed by atoms with E-state index in [0.29, 0.717) is 18.7 Å². The van der Waals surface area contributed by atoms with Gasteiger partial charge in [-0.2, -0.15) is 0 Å². The number of benzene rings is 1. The van der Waals surface area contributed by atoms with Crippen molar-refractivity contribution in [3.63, 3.8) is 0 Å². The molecule has 1 aromatic carbocycles. The molecule has 2 atom stereocenters. The molecule has 0 saturated carbocycles. The minimum Gasteiger partial charge on any atom is -0.444 e. The number of aliphatic hydroxyl groups excluding tert-OH is 1. The fourth-order valence-corrected chi connectivity index (χ4v) is 3.01. The van der Waals surface area contributed by atoms with Crippen molar-refractivity contribution in [2.45, 2.75) is 38.5 Å². The van der Waals surface area contributed by atoms with Crippen molar-refractivity contribution in [2.75, 3.05) is 19.8 Å². The van der Waals surface area contributed by atoms with Gasteiger partial charge in [-0.15, -0.1) is 0 Å². The number of rotatable bonds is 2. The molecule has 2 aromatic rings. The largest absolute Gasteiger partial charge is 0.444 e. The summed E-state index contributed by atoms with van der Waals surface area (Å²) >= 11 is 0. The number of para-hydroxylation sites is 1. The maximum absolute atomic E-state index is 12.5. The maximum Gasteiger partial charge on any atom is 0.410 e. The first kappa shape index (κ1) is 17.6. The normalized spacial score (nSPS) is 19.7. The molecule has 1 aliphatic heterocycles. The molecule has 0 aliphatic carbocycles. The lowest BCUT2D eigenvalue weighted by molar-refractivity contribution is -0.0670. The molecule has 25 heavy (non-hydrogen) atoms. The van der Waals surface area contributed by atoms with Crippen LogP contribution in [0.4, 0.5) is 4.79 Å². The predicted octanol–water partition coefficient (Wildman–Crippen LogP) is 2.90. The second kappa shape index (κ2) is 6.98. The van der Waals surface area contributed by atoms with Crippen molar-refractivity contribution < 1.29 is 19.4 Å². The highest BCUT2D eigenvalue weighted by Gasteiger charge is 2.36. The molecule has 0 radical (unpaired) electrons. The van der Waals surface area contributed by atoms with E-state index in [9.17, 15) is 9.90 Å². The van der Waals surface area contributed by atoms with Crippen LogP contribution in [0, 0.1) is 0 Å². The fourth-order valence-electron chi connectivity index (χ4n) is 3.01. The van der Waals surface area contributed by atoms with Gasteiger partial charge in [-0.25, -0.2) is 4.79 Å². The van der Waals surface area contributed by atoms with Gasteiger partial charge in [0.2, 0.25) is 0 Å². The summed E-state index contributed by atoms with van der Waals surface area (Å²) < 4.78 is 11.0. The maximum atomic E-state index is 12.5. The molecule has 1 fully saturated rings. The van der Waals surface area contributed by atoms with Gasteiger partial charge in [-0.1, -0.05) is 24.3 Å². The van der Waals surface area contributed by atoms with Crippen molar-refractivity contribution in [1.82, 2.24) is 9.88 Å². The Morgan fingerprint density at radius 1 is 1.36 bits per heavy atom. The number of aromatic nitrogens is 1. The molecule has 0 bridgehead atoms. The monoisotopic (exact) mass is 344 g/mol. The molecule has 1 N–H and O–H groups in total. The summed E-state index contributed by atoms with van der Waals surface area (Å²) in [5, 5.41) is 11.9.